The van der Waals surface area contributed by atoms with Crippen LogP contribution in [0.15, 0.2) is 88.3 Å². The predicted octanol–water partition coefficient (Wildman–Crippen LogP) is 9.18. The van der Waals surface area contributed by atoms with Crippen LogP contribution in [0, 0.1) is 0 Å². The molecule has 0 radical (unpaired) electrons. The normalized spacial score (nSPS) is 14.9. The summed E-state index contributed by atoms with van der Waals surface area (Å²) in [6.07, 6.45) is 5.98. The molecule has 1 heterocycles. The Kier molecular flexibility index (Phi) is 6.94. The number of nitrogens with one attached hydrogen (secondary N) is 1. The third-order valence-corrected chi connectivity index (χ3v) is 8.02. The van der Waals surface area contributed by atoms with Gasteiger partial charge in [0.25, 0.3) is 0 Å². The molecule has 37 heavy (non-hydrogen) atoms. The van der Waals surface area contributed by atoms with Crippen LogP contribution in [0.1, 0.15) is 32.1 Å². The summed E-state index contributed by atoms with van der Waals surface area (Å²) >= 11 is 16.1. The summed E-state index contributed by atoms with van der Waals surface area (Å²) in [6, 6.07) is 26.5. The second kappa shape index (κ2) is 10.5. The Morgan fingerprint density at radius 2 is 1.59 bits per heavy atom. The number of fused-ring (bicyclic) bond motifs is 2. The Labute approximate surface area is 234 Å². The van der Waals surface area contributed by atoms with E-state index in [4.69, 9.17) is 33.2 Å². The van der Waals surface area contributed by atoms with Gasteiger partial charge in [0, 0.05) is 20.2 Å². The van der Waals surface area contributed by atoms with E-state index in [9.17, 15) is 0 Å². The van der Waals surface area contributed by atoms with Crippen LogP contribution in [0.4, 0.5) is 11.4 Å². The summed E-state index contributed by atoms with van der Waals surface area (Å²) in [5.41, 5.74) is 6.70. The minimum Gasteiger partial charge on any atom is -0.353 e. The molecule has 3 aromatic carbocycles. The molecule has 6 rings (SSSR count). The lowest BCUT2D eigenvalue weighted by Crippen LogP contribution is -2.19. The fourth-order valence-corrected chi connectivity index (χ4v) is 5.97. The van der Waals surface area contributed by atoms with Gasteiger partial charge >= 0.3 is 0 Å². The lowest BCUT2D eigenvalue weighted by Gasteiger charge is -2.22. The summed E-state index contributed by atoms with van der Waals surface area (Å²) in [7, 11) is 0. The minimum absolute atomic E-state index is 0.317. The van der Waals surface area contributed by atoms with Crippen molar-refractivity contribution in [1.82, 2.24) is 9.55 Å². The van der Waals surface area contributed by atoms with E-state index in [2.05, 4.69) is 44.0 Å². The zero-order valence-corrected chi connectivity index (χ0v) is 23.2. The molecule has 186 valence electrons. The molecular formula is C30H25BrCl2N4. The van der Waals surface area contributed by atoms with Crippen LogP contribution < -0.4 is 10.7 Å². The van der Waals surface area contributed by atoms with Crippen molar-refractivity contribution in [2.24, 2.45) is 4.99 Å². The van der Waals surface area contributed by atoms with Gasteiger partial charge in [-0.1, -0.05) is 54.6 Å². The molecule has 0 bridgehead atoms. The zero-order chi connectivity index (χ0) is 25.4. The van der Waals surface area contributed by atoms with E-state index in [0.29, 0.717) is 16.1 Å². The molecule has 0 unspecified atom stereocenters. The molecule has 2 aliphatic carbocycles. The fraction of sp³-hybridized carbons (Fsp3) is 0.200. The van der Waals surface area contributed by atoms with E-state index in [1.807, 2.05) is 60.7 Å². The van der Waals surface area contributed by atoms with Crippen LogP contribution in [0.2, 0.25) is 10.0 Å². The van der Waals surface area contributed by atoms with Crippen molar-refractivity contribution in [3.63, 3.8) is 0 Å². The number of halogens is 3. The first-order chi connectivity index (χ1) is 18.0. The number of para-hydroxylation sites is 2. The van der Waals surface area contributed by atoms with Crippen molar-refractivity contribution in [2.75, 3.05) is 5.32 Å². The van der Waals surface area contributed by atoms with Gasteiger partial charge < -0.3 is 9.88 Å². The molecule has 0 amide bonds. The molecule has 1 N–H and O–H groups in total. The molecule has 7 heteroatoms. The number of rotatable bonds is 4. The molecule has 1 aliphatic heterocycles. The molecule has 0 aromatic heterocycles. The molecule has 0 saturated heterocycles. The standard InChI is InChI=1S/C30H25BrCl2N4/c31-23-16-20(33)12-15-24(23)35-26-17-28-30(18-27(26)34-21-6-2-1-3-7-21)37(22-13-10-19(32)11-14-22)29-9-5-4-8-25(29)36-28/h4-5,8-18,21,35H,1-3,6-7H2. The number of hydrogen-bond donors (Lipinski definition) is 1. The topological polar surface area (TPSA) is 42.2 Å². The summed E-state index contributed by atoms with van der Waals surface area (Å²) in [6.45, 7) is 0. The maximum Gasteiger partial charge on any atom is 0.0900 e. The van der Waals surface area contributed by atoms with Gasteiger partial charge in [0.05, 0.1) is 45.2 Å². The van der Waals surface area contributed by atoms with Crippen molar-refractivity contribution in [1.29, 1.82) is 0 Å². The molecule has 3 aliphatic rings. The van der Waals surface area contributed by atoms with Crippen molar-refractivity contribution in [3.05, 3.63) is 98.7 Å². The Morgan fingerprint density at radius 3 is 2.38 bits per heavy atom. The monoisotopic (exact) mass is 590 g/mol. The third kappa shape index (κ3) is 5.13. The first-order valence-electron chi connectivity index (χ1n) is 12.5. The van der Waals surface area contributed by atoms with Crippen LogP contribution in [-0.4, -0.2) is 15.6 Å². The van der Waals surface area contributed by atoms with Gasteiger partial charge in [-0.3, -0.25) is 4.99 Å². The fourth-order valence-electron chi connectivity index (χ4n) is 5.06. The molecule has 1 saturated carbocycles. The Hall–Kier alpha value is -2.86. The van der Waals surface area contributed by atoms with E-state index in [0.717, 1.165) is 62.2 Å². The quantitative estimate of drug-likeness (QED) is 0.212. The van der Waals surface area contributed by atoms with Crippen molar-refractivity contribution < 1.29 is 0 Å². The third-order valence-electron chi connectivity index (χ3n) is 6.88. The van der Waals surface area contributed by atoms with Crippen LogP contribution in [0.3, 0.4) is 0 Å². The van der Waals surface area contributed by atoms with Crippen molar-refractivity contribution >= 4 is 61.5 Å². The van der Waals surface area contributed by atoms with E-state index in [1.165, 1.54) is 19.3 Å². The van der Waals surface area contributed by atoms with E-state index in [-0.39, 0.29) is 0 Å². The zero-order valence-electron chi connectivity index (χ0n) is 20.1. The second-order valence-corrected chi connectivity index (χ2v) is 11.2. The van der Waals surface area contributed by atoms with E-state index in [1.54, 1.807) is 0 Å². The van der Waals surface area contributed by atoms with Gasteiger partial charge in [0.15, 0.2) is 0 Å². The molecule has 4 nitrogen and oxygen atoms in total. The van der Waals surface area contributed by atoms with Crippen molar-refractivity contribution in [3.8, 4) is 17.1 Å². The van der Waals surface area contributed by atoms with E-state index >= 15 is 0 Å². The van der Waals surface area contributed by atoms with Crippen LogP contribution in [-0.2, 0) is 0 Å². The molecular weight excluding hydrogens is 567 g/mol. The smallest absolute Gasteiger partial charge is 0.0900 e. The van der Waals surface area contributed by atoms with E-state index < -0.39 is 0 Å². The largest absolute Gasteiger partial charge is 0.353 e. The second-order valence-electron chi connectivity index (χ2n) is 9.44. The summed E-state index contributed by atoms with van der Waals surface area (Å²) < 4.78 is 3.14. The van der Waals surface area contributed by atoms with Crippen LogP contribution in [0.5, 0.6) is 0 Å². The van der Waals surface area contributed by atoms with Crippen LogP contribution in [0.25, 0.3) is 28.1 Å². The highest BCUT2D eigenvalue weighted by Gasteiger charge is 2.18. The lowest BCUT2D eigenvalue weighted by molar-refractivity contribution is 0.437. The van der Waals surface area contributed by atoms with Gasteiger partial charge in [-0.05, 0) is 95.5 Å². The first-order valence-corrected chi connectivity index (χ1v) is 14.1. The van der Waals surface area contributed by atoms with Gasteiger partial charge in [-0.25, -0.2) is 4.98 Å². The Bertz CT molecular complexity index is 1620. The Morgan fingerprint density at radius 1 is 0.838 bits per heavy atom. The van der Waals surface area contributed by atoms with Gasteiger partial charge in [-0.2, -0.15) is 0 Å². The summed E-state index contributed by atoms with van der Waals surface area (Å²) in [5, 5.41) is 5.92. The highest BCUT2D eigenvalue weighted by molar-refractivity contribution is 9.10. The number of nitrogens with zero attached hydrogens (tertiary/aromatic N) is 3. The summed E-state index contributed by atoms with van der Waals surface area (Å²) in [5.74, 6) is 0. The maximum absolute atomic E-state index is 6.23. The summed E-state index contributed by atoms with van der Waals surface area (Å²) in [4.78, 5) is 10.3. The molecule has 1 fully saturated rings. The number of aromatic nitrogens is 2. The number of anilines is 2. The molecule has 3 aromatic rings. The number of benzene rings is 4. The number of hydrogen-bond acceptors (Lipinski definition) is 3. The van der Waals surface area contributed by atoms with Crippen LogP contribution >= 0.6 is 39.1 Å². The SMILES string of the molecule is Clc1ccc(-n2c3cc(=NC4CCCCC4)c(Nc4ccc(Cl)cc4Br)cc-3nc3ccccc32)cc1. The highest BCUT2D eigenvalue weighted by atomic mass is 79.9. The van der Waals surface area contributed by atoms with Gasteiger partial charge in [0.1, 0.15) is 0 Å². The maximum atomic E-state index is 6.23. The predicted molar refractivity (Wildman–Crippen MR) is 158 cm³/mol. The molecule has 0 atom stereocenters. The minimum atomic E-state index is 0.317. The Balaban J connectivity index is 1.62. The van der Waals surface area contributed by atoms with Crippen molar-refractivity contribution in [2.45, 2.75) is 38.1 Å². The van der Waals surface area contributed by atoms with Gasteiger partial charge in [0.2, 0.25) is 0 Å². The average Bonchev–Trinajstić information content (AvgIpc) is 2.90. The average molecular weight is 592 g/mol. The first kappa shape index (κ1) is 24.5. The van der Waals surface area contributed by atoms with Gasteiger partial charge in [-0.15, -0.1) is 0 Å². The lowest BCUT2D eigenvalue weighted by atomic mass is 9.96. The highest BCUT2D eigenvalue weighted by Crippen LogP contribution is 2.33. The molecule has 0 spiro atoms.